The zero-order valence-electron chi connectivity index (χ0n) is 11.2. The van der Waals surface area contributed by atoms with E-state index in [9.17, 15) is 0 Å². The number of aromatic nitrogens is 1. The van der Waals surface area contributed by atoms with Crippen LogP contribution in [0, 0.1) is 5.92 Å². The second-order valence-electron chi connectivity index (χ2n) is 5.92. The fourth-order valence-corrected chi connectivity index (χ4v) is 3.81. The van der Waals surface area contributed by atoms with E-state index in [2.05, 4.69) is 23.6 Å². The summed E-state index contributed by atoms with van der Waals surface area (Å²) in [5.41, 5.74) is 2.53. The summed E-state index contributed by atoms with van der Waals surface area (Å²) in [4.78, 5) is 0. The van der Waals surface area contributed by atoms with Gasteiger partial charge in [0.15, 0.2) is 0 Å². The molecule has 1 nitrogen and oxygen atoms in total. The molecular formula is C17H15Cl2N. The van der Waals surface area contributed by atoms with Gasteiger partial charge in [0.05, 0.1) is 0 Å². The van der Waals surface area contributed by atoms with Crippen molar-refractivity contribution in [3.8, 4) is 0 Å². The van der Waals surface area contributed by atoms with Gasteiger partial charge in [-0.3, -0.25) is 0 Å². The Kier molecular flexibility index (Phi) is 2.77. The molecule has 1 fully saturated rings. The van der Waals surface area contributed by atoms with Crippen LogP contribution in [0.4, 0.5) is 0 Å². The molecule has 4 rings (SSSR count). The molecule has 0 unspecified atom stereocenters. The minimum Gasteiger partial charge on any atom is -0.337 e. The van der Waals surface area contributed by atoms with Gasteiger partial charge < -0.3 is 4.57 Å². The van der Waals surface area contributed by atoms with Gasteiger partial charge in [0.2, 0.25) is 0 Å². The molecule has 1 heterocycles. The summed E-state index contributed by atoms with van der Waals surface area (Å²) >= 11 is 12.4. The van der Waals surface area contributed by atoms with E-state index in [-0.39, 0.29) is 0 Å². The van der Waals surface area contributed by atoms with Crippen molar-refractivity contribution < 1.29 is 0 Å². The maximum atomic E-state index is 6.18. The molecule has 0 amide bonds. The summed E-state index contributed by atoms with van der Waals surface area (Å²) in [5, 5.41) is 3.96. The Labute approximate surface area is 128 Å². The molecular weight excluding hydrogens is 289 g/mol. The second-order valence-corrected chi connectivity index (χ2v) is 6.80. The molecule has 0 N–H and O–H groups in total. The first-order chi connectivity index (χ1) is 9.63. The molecule has 1 saturated carbocycles. The molecule has 102 valence electrons. The molecule has 1 aliphatic carbocycles. The molecule has 0 atom stereocenters. The van der Waals surface area contributed by atoms with Gasteiger partial charge >= 0.3 is 0 Å². The zero-order chi connectivity index (χ0) is 13.9. The lowest BCUT2D eigenvalue weighted by Crippen LogP contribution is -2.24. The molecule has 0 bridgehead atoms. The summed E-state index contributed by atoms with van der Waals surface area (Å²) in [7, 11) is 0. The predicted octanol–water partition coefficient (Wildman–Crippen LogP) is 6.07. The highest BCUT2D eigenvalue weighted by Crippen LogP contribution is 2.43. The van der Waals surface area contributed by atoms with Crippen molar-refractivity contribution in [2.75, 3.05) is 0 Å². The van der Waals surface area contributed by atoms with Crippen LogP contribution >= 0.6 is 23.2 Å². The topological polar surface area (TPSA) is 4.93 Å². The van der Waals surface area contributed by atoms with Crippen LogP contribution in [0.5, 0.6) is 0 Å². The fourth-order valence-electron chi connectivity index (χ4n) is 3.46. The van der Waals surface area contributed by atoms with Gasteiger partial charge in [-0.2, -0.15) is 0 Å². The number of rotatable bonds is 1. The Hall–Kier alpha value is -1.18. The Morgan fingerprint density at radius 1 is 0.900 bits per heavy atom. The van der Waals surface area contributed by atoms with Crippen LogP contribution in [0.2, 0.25) is 10.0 Å². The van der Waals surface area contributed by atoms with Crippen molar-refractivity contribution in [1.29, 1.82) is 0 Å². The van der Waals surface area contributed by atoms with Crippen LogP contribution < -0.4 is 0 Å². The van der Waals surface area contributed by atoms with Crippen molar-refractivity contribution in [2.45, 2.75) is 25.8 Å². The van der Waals surface area contributed by atoms with Gasteiger partial charge in [-0.1, -0.05) is 30.1 Å². The van der Waals surface area contributed by atoms with Gasteiger partial charge in [0.25, 0.3) is 0 Å². The minimum atomic E-state index is 0.604. The van der Waals surface area contributed by atoms with Gasteiger partial charge in [-0.15, -0.1) is 0 Å². The molecule has 3 heteroatoms. The van der Waals surface area contributed by atoms with Crippen LogP contribution in [-0.4, -0.2) is 4.57 Å². The third-order valence-corrected chi connectivity index (χ3v) is 4.91. The molecule has 1 aliphatic rings. The van der Waals surface area contributed by atoms with Gasteiger partial charge in [0.1, 0.15) is 0 Å². The van der Waals surface area contributed by atoms with Crippen LogP contribution in [0.1, 0.15) is 25.8 Å². The van der Waals surface area contributed by atoms with Gasteiger partial charge in [0, 0.05) is 37.9 Å². The summed E-state index contributed by atoms with van der Waals surface area (Å²) in [6.07, 6.45) is 2.51. The second kappa shape index (κ2) is 4.41. The van der Waals surface area contributed by atoms with Crippen molar-refractivity contribution in [3.05, 3.63) is 46.4 Å². The van der Waals surface area contributed by atoms with Crippen LogP contribution in [0.15, 0.2) is 36.4 Å². The lowest BCUT2D eigenvalue weighted by atomic mass is 9.81. The highest BCUT2D eigenvalue weighted by molar-refractivity contribution is 6.33. The Morgan fingerprint density at radius 2 is 1.40 bits per heavy atom. The van der Waals surface area contributed by atoms with E-state index in [1.807, 2.05) is 24.3 Å². The number of nitrogens with zero attached hydrogens (tertiary/aromatic N) is 1. The fraction of sp³-hybridized carbons (Fsp3) is 0.294. The van der Waals surface area contributed by atoms with E-state index in [1.54, 1.807) is 0 Å². The van der Waals surface area contributed by atoms with E-state index in [4.69, 9.17) is 23.2 Å². The Bertz CT molecular complexity index is 753. The SMILES string of the molecule is CC1CC(n2c3ccc(Cl)cc3c3cc(Cl)ccc32)C1. The molecule has 1 aromatic heterocycles. The highest BCUT2D eigenvalue weighted by atomic mass is 35.5. The Morgan fingerprint density at radius 3 is 1.85 bits per heavy atom. The zero-order valence-corrected chi connectivity index (χ0v) is 12.7. The van der Waals surface area contributed by atoms with Crippen molar-refractivity contribution in [2.24, 2.45) is 5.92 Å². The summed E-state index contributed by atoms with van der Waals surface area (Å²) in [5.74, 6) is 0.826. The van der Waals surface area contributed by atoms with E-state index >= 15 is 0 Å². The average Bonchev–Trinajstić information content (AvgIpc) is 2.68. The van der Waals surface area contributed by atoms with Gasteiger partial charge in [-0.25, -0.2) is 0 Å². The number of halogens is 2. The average molecular weight is 304 g/mol. The molecule has 2 aromatic carbocycles. The number of fused-ring (bicyclic) bond motifs is 3. The van der Waals surface area contributed by atoms with Crippen LogP contribution in [0.25, 0.3) is 21.8 Å². The molecule has 20 heavy (non-hydrogen) atoms. The molecule has 0 radical (unpaired) electrons. The summed E-state index contributed by atoms with van der Waals surface area (Å²) in [6, 6.07) is 12.9. The van der Waals surface area contributed by atoms with E-state index in [1.165, 1.54) is 34.6 Å². The first kappa shape index (κ1) is 12.6. The van der Waals surface area contributed by atoms with E-state index < -0.39 is 0 Å². The van der Waals surface area contributed by atoms with E-state index in [0.717, 1.165) is 16.0 Å². The third-order valence-electron chi connectivity index (χ3n) is 4.44. The normalized spacial score (nSPS) is 22.4. The van der Waals surface area contributed by atoms with Crippen molar-refractivity contribution >= 4 is 45.0 Å². The van der Waals surface area contributed by atoms with E-state index in [0.29, 0.717) is 6.04 Å². The van der Waals surface area contributed by atoms with Gasteiger partial charge in [-0.05, 0) is 55.2 Å². The standard InChI is InChI=1S/C17H15Cl2N/c1-10-6-13(7-10)20-16-4-2-11(18)8-14(16)15-9-12(19)3-5-17(15)20/h2-5,8-10,13H,6-7H2,1H3. The first-order valence-electron chi connectivity index (χ1n) is 7.02. The summed E-state index contributed by atoms with van der Waals surface area (Å²) < 4.78 is 2.47. The third kappa shape index (κ3) is 1.77. The lowest BCUT2D eigenvalue weighted by molar-refractivity contribution is 0.226. The van der Waals surface area contributed by atoms with Crippen molar-refractivity contribution in [1.82, 2.24) is 4.57 Å². The Balaban J connectivity index is 2.08. The maximum absolute atomic E-state index is 6.18. The smallest absolute Gasteiger partial charge is 0.0495 e. The van der Waals surface area contributed by atoms with Crippen LogP contribution in [-0.2, 0) is 0 Å². The van der Waals surface area contributed by atoms with Crippen molar-refractivity contribution in [3.63, 3.8) is 0 Å². The number of benzene rings is 2. The van der Waals surface area contributed by atoms with Crippen LogP contribution in [0.3, 0.4) is 0 Å². The number of hydrogen-bond acceptors (Lipinski definition) is 0. The maximum Gasteiger partial charge on any atom is 0.0495 e. The molecule has 3 aromatic rings. The monoisotopic (exact) mass is 303 g/mol. The highest BCUT2D eigenvalue weighted by Gasteiger charge is 2.29. The largest absolute Gasteiger partial charge is 0.337 e. The quantitative estimate of drug-likeness (QED) is 0.514. The first-order valence-corrected chi connectivity index (χ1v) is 7.78. The molecule has 0 spiro atoms. The predicted molar refractivity (Wildman–Crippen MR) is 86.9 cm³/mol. The molecule has 0 aliphatic heterocycles. The minimum absolute atomic E-state index is 0.604. The lowest BCUT2D eigenvalue weighted by Gasteiger charge is -2.35. The summed E-state index contributed by atoms with van der Waals surface area (Å²) in [6.45, 7) is 2.32. The molecule has 0 saturated heterocycles. The number of hydrogen-bond donors (Lipinski definition) is 0.